The molecule has 1 N–H and O–H groups in total. The molecule has 4 heteroatoms. The normalized spacial score (nSPS) is 11.9. The molecule has 0 radical (unpaired) electrons. The molecule has 0 saturated heterocycles. The molecule has 0 bridgehead atoms. The van der Waals surface area contributed by atoms with Gasteiger partial charge in [-0.2, -0.15) is 16.6 Å². The SMILES string of the molecule is Cc1cc(NC(C)Cc2ccsc2)c(C#N)c(C)n1. The average Bonchev–Trinajstić information content (AvgIpc) is 2.81. The Morgan fingerprint density at radius 3 is 2.89 bits per heavy atom. The van der Waals surface area contributed by atoms with Crippen molar-refractivity contribution in [2.24, 2.45) is 0 Å². The van der Waals surface area contributed by atoms with Gasteiger partial charge in [0.25, 0.3) is 0 Å². The first kappa shape index (κ1) is 13.6. The Morgan fingerprint density at radius 2 is 2.26 bits per heavy atom. The number of thiophene rings is 1. The highest BCUT2D eigenvalue weighted by atomic mass is 32.1. The molecule has 0 spiro atoms. The van der Waals surface area contributed by atoms with Gasteiger partial charge in [0.1, 0.15) is 6.07 Å². The fourth-order valence-electron chi connectivity index (χ4n) is 2.16. The van der Waals surface area contributed by atoms with Gasteiger partial charge in [0.05, 0.1) is 16.9 Å². The van der Waals surface area contributed by atoms with Crippen LogP contribution in [-0.2, 0) is 6.42 Å². The molecule has 2 rings (SSSR count). The number of hydrogen-bond acceptors (Lipinski definition) is 4. The molecular formula is C15H17N3S. The second kappa shape index (κ2) is 5.85. The van der Waals surface area contributed by atoms with Crippen LogP contribution in [0.4, 0.5) is 5.69 Å². The van der Waals surface area contributed by atoms with Crippen LogP contribution < -0.4 is 5.32 Å². The number of anilines is 1. The maximum atomic E-state index is 9.23. The highest BCUT2D eigenvalue weighted by Gasteiger charge is 2.11. The van der Waals surface area contributed by atoms with Gasteiger partial charge >= 0.3 is 0 Å². The minimum Gasteiger partial charge on any atom is -0.381 e. The molecular weight excluding hydrogens is 254 g/mol. The molecule has 0 aliphatic heterocycles. The number of rotatable bonds is 4. The smallest absolute Gasteiger partial charge is 0.103 e. The van der Waals surface area contributed by atoms with Crippen LogP contribution >= 0.6 is 11.3 Å². The molecule has 2 heterocycles. The maximum Gasteiger partial charge on any atom is 0.103 e. The van der Waals surface area contributed by atoms with Crippen LogP contribution in [0.2, 0.25) is 0 Å². The summed E-state index contributed by atoms with van der Waals surface area (Å²) in [6, 6.07) is 6.59. The monoisotopic (exact) mass is 271 g/mol. The summed E-state index contributed by atoms with van der Waals surface area (Å²) in [6.45, 7) is 5.95. The molecule has 0 aliphatic carbocycles. The van der Waals surface area contributed by atoms with E-state index in [9.17, 15) is 5.26 Å². The van der Waals surface area contributed by atoms with Crippen molar-refractivity contribution in [3.8, 4) is 6.07 Å². The second-order valence-electron chi connectivity index (χ2n) is 4.76. The third-order valence-corrected chi connectivity index (χ3v) is 3.70. The van der Waals surface area contributed by atoms with Crippen LogP contribution in [0.3, 0.4) is 0 Å². The number of pyridine rings is 1. The number of aromatic nitrogens is 1. The standard InChI is InChI=1S/C15H17N3S/c1-10(6-13-4-5-19-9-13)18-15-7-11(2)17-12(3)14(15)8-16/h4-5,7,9-10H,6H2,1-3H3,(H,17,18). The summed E-state index contributed by atoms with van der Waals surface area (Å²) in [4.78, 5) is 4.33. The molecule has 0 saturated carbocycles. The Morgan fingerprint density at radius 1 is 1.47 bits per heavy atom. The van der Waals surface area contributed by atoms with Crippen LogP contribution in [0.5, 0.6) is 0 Å². The van der Waals surface area contributed by atoms with Gasteiger partial charge in [0.15, 0.2) is 0 Å². The van der Waals surface area contributed by atoms with Crippen LogP contribution in [0, 0.1) is 25.2 Å². The van der Waals surface area contributed by atoms with Gasteiger partial charge in [-0.3, -0.25) is 4.98 Å². The maximum absolute atomic E-state index is 9.23. The van der Waals surface area contributed by atoms with E-state index in [1.54, 1.807) is 11.3 Å². The summed E-state index contributed by atoms with van der Waals surface area (Å²) < 4.78 is 0. The van der Waals surface area contributed by atoms with Gasteiger partial charge in [-0.05, 0) is 55.6 Å². The first-order valence-electron chi connectivity index (χ1n) is 6.26. The quantitative estimate of drug-likeness (QED) is 0.923. The zero-order chi connectivity index (χ0) is 13.8. The average molecular weight is 271 g/mol. The number of nitrogens with one attached hydrogen (secondary N) is 1. The molecule has 3 nitrogen and oxygen atoms in total. The Bertz CT molecular complexity index is 597. The fraction of sp³-hybridized carbons (Fsp3) is 0.333. The molecule has 19 heavy (non-hydrogen) atoms. The summed E-state index contributed by atoms with van der Waals surface area (Å²) in [5.41, 5.74) is 4.57. The van der Waals surface area contributed by atoms with Gasteiger partial charge in [0.2, 0.25) is 0 Å². The van der Waals surface area contributed by atoms with E-state index >= 15 is 0 Å². The molecule has 1 unspecified atom stereocenters. The molecule has 2 aromatic heterocycles. The van der Waals surface area contributed by atoms with Crippen LogP contribution in [0.1, 0.15) is 29.4 Å². The third-order valence-electron chi connectivity index (χ3n) is 2.96. The van der Waals surface area contributed by atoms with Crippen molar-refractivity contribution in [3.63, 3.8) is 0 Å². The third kappa shape index (κ3) is 3.33. The summed E-state index contributed by atoms with van der Waals surface area (Å²) in [7, 11) is 0. The topological polar surface area (TPSA) is 48.7 Å². The summed E-state index contributed by atoms with van der Waals surface area (Å²) >= 11 is 1.71. The Labute approximate surface area is 117 Å². The van der Waals surface area contributed by atoms with E-state index in [-0.39, 0.29) is 6.04 Å². The summed E-state index contributed by atoms with van der Waals surface area (Å²) in [5.74, 6) is 0. The molecule has 0 aromatic carbocycles. The molecule has 2 aromatic rings. The van der Waals surface area contributed by atoms with Crippen molar-refractivity contribution in [1.29, 1.82) is 5.26 Å². The lowest BCUT2D eigenvalue weighted by Gasteiger charge is -2.17. The largest absolute Gasteiger partial charge is 0.381 e. The fourth-order valence-corrected chi connectivity index (χ4v) is 2.84. The summed E-state index contributed by atoms with van der Waals surface area (Å²) in [5, 5.41) is 16.9. The van der Waals surface area contributed by atoms with Gasteiger partial charge in [0, 0.05) is 11.7 Å². The minimum atomic E-state index is 0.280. The van der Waals surface area contributed by atoms with Crippen molar-refractivity contribution in [2.75, 3.05) is 5.32 Å². The van der Waals surface area contributed by atoms with Gasteiger partial charge in [-0.25, -0.2) is 0 Å². The highest BCUT2D eigenvalue weighted by Crippen LogP contribution is 2.20. The zero-order valence-corrected chi connectivity index (χ0v) is 12.2. The van der Waals surface area contributed by atoms with Crippen molar-refractivity contribution in [1.82, 2.24) is 4.98 Å². The van der Waals surface area contributed by atoms with Crippen LogP contribution in [0.25, 0.3) is 0 Å². The zero-order valence-electron chi connectivity index (χ0n) is 11.4. The lowest BCUT2D eigenvalue weighted by atomic mass is 10.1. The Hall–Kier alpha value is -1.86. The van der Waals surface area contributed by atoms with Crippen LogP contribution in [0.15, 0.2) is 22.9 Å². The van der Waals surface area contributed by atoms with Gasteiger partial charge in [-0.15, -0.1) is 0 Å². The Kier molecular flexibility index (Phi) is 4.18. The van der Waals surface area contributed by atoms with E-state index in [0.29, 0.717) is 5.56 Å². The molecule has 1 atom stereocenters. The first-order valence-corrected chi connectivity index (χ1v) is 7.20. The lowest BCUT2D eigenvalue weighted by molar-refractivity contribution is 0.791. The first-order chi connectivity index (χ1) is 9.10. The number of aryl methyl sites for hydroxylation is 2. The summed E-state index contributed by atoms with van der Waals surface area (Å²) in [6.07, 6.45) is 0.953. The minimum absolute atomic E-state index is 0.280. The van der Waals surface area contributed by atoms with Crippen molar-refractivity contribution in [3.05, 3.63) is 45.4 Å². The molecule has 0 amide bonds. The molecule has 0 aliphatic rings. The Balaban J connectivity index is 2.16. The second-order valence-corrected chi connectivity index (χ2v) is 5.54. The van der Waals surface area contributed by atoms with E-state index in [0.717, 1.165) is 23.5 Å². The van der Waals surface area contributed by atoms with E-state index in [1.807, 2.05) is 19.9 Å². The highest BCUT2D eigenvalue weighted by molar-refractivity contribution is 7.07. The number of nitriles is 1. The van der Waals surface area contributed by atoms with E-state index < -0.39 is 0 Å². The molecule has 98 valence electrons. The lowest BCUT2D eigenvalue weighted by Crippen LogP contribution is -2.19. The van der Waals surface area contributed by atoms with Gasteiger partial charge < -0.3 is 5.32 Å². The predicted molar refractivity (Wildman–Crippen MR) is 79.5 cm³/mol. The predicted octanol–water partition coefficient (Wildman–Crippen LogP) is 3.67. The number of nitrogens with zero attached hydrogens (tertiary/aromatic N) is 2. The van der Waals surface area contributed by atoms with E-state index in [1.165, 1.54) is 5.56 Å². The van der Waals surface area contributed by atoms with Crippen molar-refractivity contribution < 1.29 is 0 Å². The van der Waals surface area contributed by atoms with Crippen molar-refractivity contribution in [2.45, 2.75) is 33.2 Å². The van der Waals surface area contributed by atoms with E-state index in [4.69, 9.17) is 0 Å². The van der Waals surface area contributed by atoms with E-state index in [2.05, 4.69) is 40.1 Å². The molecule has 0 fully saturated rings. The number of hydrogen-bond donors (Lipinski definition) is 1. The van der Waals surface area contributed by atoms with Crippen LogP contribution in [-0.4, -0.2) is 11.0 Å². The van der Waals surface area contributed by atoms with Crippen molar-refractivity contribution >= 4 is 17.0 Å². The van der Waals surface area contributed by atoms with Gasteiger partial charge in [-0.1, -0.05) is 0 Å².